The number of amides is 1. The van der Waals surface area contributed by atoms with Crippen LogP contribution >= 0.6 is 0 Å². The van der Waals surface area contributed by atoms with E-state index in [0.29, 0.717) is 11.9 Å². The monoisotopic (exact) mass is 357 g/mol. The molecule has 7 nitrogen and oxygen atoms in total. The number of hydrogen-bond donors (Lipinski definition) is 2. The number of carbonyl (C=O) groups excluding carboxylic acids is 1. The molecule has 2 aromatic rings. The minimum atomic E-state index is -0.839. The number of nitrogens with zero attached hydrogens (tertiary/aromatic N) is 2. The Balaban J connectivity index is 1.67. The second-order valence-electron chi connectivity index (χ2n) is 7.10. The highest BCUT2D eigenvalue weighted by Gasteiger charge is 2.34. The molecule has 1 aliphatic carbocycles. The van der Waals surface area contributed by atoms with Crippen LogP contribution in [0, 0.1) is 5.41 Å². The van der Waals surface area contributed by atoms with Crippen molar-refractivity contribution in [1.82, 2.24) is 15.1 Å². The van der Waals surface area contributed by atoms with Gasteiger partial charge in [-0.1, -0.05) is 37.5 Å². The average Bonchev–Trinajstić information content (AvgIpc) is 2.63. The maximum Gasteiger partial charge on any atom is 0.303 e. The van der Waals surface area contributed by atoms with Crippen LogP contribution in [0.15, 0.2) is 35.3 Å². The number of nitrogens with one attached hydrogen (secondary N) is 1. The Morgan fingerprint density at radius 3 is 2.65 bits per heavy atom. The van der Waals surface area contributed by atoms with Crippen molar-refractivity contribution in [2.24, 2.45) is 5.41 Å². The van der Waals surface area contributed by atoms with Gasteiger partial charge in [-0.2, -0.15) is 5.10 Å². The van der Waals surface area contributed by atoms with E-state index >= 15 is 0 Å². The van der Waals surface area contributed by atoms with Crippen LogP contribution in [0.1, 0.15) is 38.5 Å². The third-order valence-corrected chi connectivity index (χ3v) is 5.16. The Hall–Kier alpha value is -2.70. The van der Waals surface area contributed by atoms with Crippen LogP contribution < -0.4 is 10.9 Å². The molecule has 0 bridgehead atoms. The van der Waals surface area contributed by atoms with Gasteiger partial charge >= 0.3 is 5.97 Å². The van der Waals surface area contributed by atoms with Crippen LogP contribution in [0.5, 0.6) is 0 Å². The third-order valence-electron chi connectivity index (χ3n) is 5.16. The zero-order valence-corrected chi connectivity index (χ0v) is 14.6. The number of benzene rings is 1. The molecule has 1 heterocycles. The molecule has 0 unspecified atom stereocenters. The van der Waals surface area contributed by atoms with E-state index in [-0.39, 0.29) is 29.8 Å². The predicted molar refractivity (Wildman–Crippen MR) is 96.8 cm³/mol. The van der Waals surface area contributed by atoms with Crippen molar-refractivity contribution in [3.8, 4) is 0 Å². The molecule has 2 N–H and O–H groups in total. The molecule has 138 valence electrons. The first-order valence-corrected chi connectivity index (χ1v) is 8.92. The average molecular weight is 357 g/mol. The van der Waals surface area contributed by atoms with Crippen molar-refractivity contribution < 1.29 is 14.7 Å². The van der Waals surface area contributed by atoms with Crippen molar-refractivity contribution in [1.29, 1.82) is 0 Å². The summed E-state index contributed by atoms with van der Waals surface area (Å²) in [7, 11) is 0. The standard InChI is InChI=1S/C19H23N3O4/c23-16(20-13-19(10-17(24)25)8-4-1-5-9-19)12-22-18(26)15-7-3-2-6-14(15)11-21-22/h2-3,6-7,11H,1,4-5,8-10,12-13H2,(H,20,23)(H,24,25). The molecule has 0 spiro atoms. The van der Waals surface area contributed by atoms with E-state index in [9.17, 15) is 19.5 Å². The van der Waals surface area contributed by atoms with Gasteiger partial charge in [-0.15, -0.1) is 0 Å². The van der Waals surface area contributed by atoms with Gasteiger partial charge in [-0.25, -0.2) is 4.68 Å². The van der Waals surface area contributed by atoms with Gasteiger partial charge in [-0.05, 0) is 24.3 Å². The van der Waals surface area contributed by atoms with Crippen molar-refractivity contribution >= 4 is 22.6 Å². The largest absolute Gasteiger partial charge is 0.481 e. The quantitative estimate of drug-likeness (QED) is 0.823. The van der Waals surface area contributed by atoms with Gasteiger partial charge < -0.3 is 10.4 Å². The summed E-state index contributed by atoms with van der Waals surface area (Å²) in [4.78, 5) is 35.9. The molecule has 0 radical (unpaired) electrons. The summed E-state index contributed by atoms with van der Waals surface area (Å²) in [6, 6.07) is 7.10. The Labute approximate surface area is 151 Å². The summed E-state index contributed by atoms with van der Waals surface area (Å²) in [5, 5.41) is 17.3. The van der Waals surface area contributed by atoms with E-state index in [1.807, 2.05) is 6.07 Å². The van der Waals surface area contributed by atoms with Crippen molar-refractivity contribution in [2.45, 2.75) is 45.1 Å². The van der Waals surface area contributed by atoms with Gasteiger partial charge in [0.15, 0.2) is 0 Å². The zero-order chi connectivity index (χ0) is 18.6. The Morgan fingerprint density at radius 1 is 1.19 bits per heavy atom. The smallest absolute Gasteiger partial charge is 0.303 e. The van der Waals surface area contributed by atoms with E-state index in [4.69, 9.17) is 0 Å². The van der Waals surface area contributed by atoms with E-state index < -0.39 is 5.97 Å². The molecule has 0 saturated heterocycles. The molecular formula is C19H23N3O4. The van der Waals surface area contributed by atoms with Gasteiger partial charge in [0.2, 0.25) is 5.91 Å². The molecule has 7 heteroatoms. The van der Waals surface area contributed by atoms with E-state index in [0.717, 1.165) is 42.2 Å². The van der Waals surface area contributed by atoms with Crippen LogP contribution in [-0.2, 0) is 16.1 Å². The maximum atomic E-state index is 12.4. The maximum absolute atomic E-state index is 12.4. The number of carboxylic acid groups (broad SMARTS) is 1. The normalized spacial score (nSPS) is 16.3. The summed E-state index contributed by atoms with van der Waals surface area (Å²) >= 11 is 0. The molecule has 0 aliphatic heterocycles. The highest BCUT2D eigenvalue weighted by atomic mass is 16.4. The number of rotatable bonds is 6. The van der Waals surface area contributed by atoms with Gasteiger partial charge in [0.25, 0.3) is 5.56 Å². The Bertz CT molecular complexity index is 868. The first kappa shape index (κ1) is 18.1. The van der Waals surface area contributed by atoms with E-state index in [1.54, 1.807) is 24.4 Å². The van der Waals surface area contributed by atoms with E-state index in [1.165, 1.54) is 0 Å². The summed E-state index contributed by atoms with van der Waals surface area (Å²) in [5.41, 5.74) is -0.696. The van der Waals surface area contributed by atoms with E-state index in [2.05, 4.69) is 10.4 Å². The molecule has 1 aromatic carbocycles. The zero-order valence-electron chi connectivity index (χ0n) is 14.6. The molecule has 3 rings (SSSR count). The van der Waals surface area contributed by atoms with Crippen LogP contribution in [0.3, 0.4) is 0 Å². The molecule has 1 aliphatic rings. The van der Waals surface area contributed by atoms with Crippen molar-refractivity contribution in [3.05, 3.63) is 40.8 Å². The number of aromatic nitrogens is 2. The van der Waals surface area contributed by atoms with Crippen molar-refractivity contribution in [2.75, 3.05) is 6.54 Å². The molecule has 1 amide bonds. The van der Waals surface area contributed by atoms with Crippen LogP contribution in [0.4, 0.5) is 0 Å². The summed E-state index contributed by atoms with van der Waals surface area (Å²) in [6.07, 6.45) is 6.29. The second kappa shape index (κ2) is 7.68. The Kier molecular flexibility index (Phi) is 5.35. The highest BCUT2D eigenvalue weighted by molar-refractivity contribution is 5.81. The van der Waals surface area contributed by atoms with Gasteiger partial charge in [0.05, 0.1) is 18.0 Å². The van der Waals surface area contributed by atoms with Crippen LogP contribution in [0.2, 0.25) is 0 Å². The predicted octanol–water partition coefficient (Wildman–Crippen LogP) is 1.94. The lowest BCUT2D eigenvalue weighted by atomic mass is 9.71. The highest BCUT2D eigenvalue weighted by Crippen LogP contribution is 2.38. The Morgan fingerprint density at radius 2 is 1.92 bits per heavy atom. The molecule has 0 atom stereocenters. The molecular weight excluding hydrogens is 334 g/mol. The van der Waals surface area contributed by atoms with Crippen molar-refractivity contribution in [3.63, 3.8) is 0 Å². The van der Waals surface area contributed by atoms with Crippen LogP contribution in [-0.4, -0.2) is 33.3 Å². The van der Waals surface area contributed by atoms with Gasteiger partial charge in [0.1, 0.15) is 6.54 Å². The lowest BCUT2D eigenvalue weighted by molar-refractivity contribution is -0.140. The summed E-state index contributed by atoms with van der Waals surface area (Å²) < 4.78 is 1.14. The topological polar surface area (TPSA) is 101 Å². The van der Waals surface area contributed by atoms with Crippen LogP contribution in [0.25, 0.3) is 10.8 Å². The number of hydrogen-bond acceptors (Lipinski definition) is 4. The molecule has 1 aromatic heterocycles. The lowest BCUT2D eigenvalue weighted by Crippen LogP contribution is -2.42. The number of carboxylic acids is 1. The number of fused-ring (bicyclic) bond motifs is 1. The molecule has 1 saturated carbocycles. The fourth-order valence-electron chi connectivity index (χ4n) is 3.76. The minimum absolute atomic E-state index is 0.0570. The SMILES string of the molecule is O=C(O)CC1(CNC(=O)Cn2ncc3ccccc3c2=O)CCCCC1. The fourth-order valence-corrected chi connectivity index (χ4v) is 3.76. The number of carbonyl (C=O) groups is 2. The first-order valence-electron chi connectivity index (χ1n) is 8.92. The van der Waals surface area contributed by atoms with Gasteiger partial charge in [0, 0.05) is 11.9 Å². The van der Waals surface area contributed by atoms with Gasteiger partial charge in [-0.3, -0.25) is 14.4 Å². The fraction of sp³-hybridized carbons (Fsp3) is 0.474. The third kappa shape index (κ3) is 4.09. The lowest BCUT2D eigenvalue weighted by Gasteiger charge is -2.36. The molecule has 26 heavy (non-hydrogen) atoms. The number of aliphatic carboxylic acids is 1. The first-order chi connectivity index (χ1) is 12.5. The minimum Gasteiger partial charge on any atom is -0.481 e. The second-order valence-corrected chi connectivity index (χ2v) is 7.10. The summed E-state index contributed by atoms with van der Waals surface area (Å²) in [5.74, 6) is -1.17. The molecule has 1 fully saturated rings. The summed E-state index contributed by atoms with van der Waals surface area (Å²) in [6.45, 7) is 0.146.